The lowest BCUT2D eigenvalue weighted by molar-refractivity contribution is -0.363. The number of fused-ring (bicyclic) bond motifs is 1. The second kappa shape index (κ2) is 10.7. The van der Waals surface area contributed by atoms with Crippen LogP contribution in [-0.2, 0) is 0 Å². The van der Waals surface area contributed by atoms with Crippen LogP contribution >= 0.6 is 11.3 Å². The van der Waals surface area contributed by atoms with Crippen molar-refractivity contribution in [1.29, 1.82) is 0 Å². The van der Waals surface area contributed by atoms with Crippen molar-refractivity contribution in [3.05, 3.63) is 47.7 Å². The molecule has 38 heavy (non-hydrogen) atoms. The van der Waals surface area contributed by atoms with Crippen molar-refractivity contribution >= 4 is 39.0 Å². The Kier molecular flexibility index (Phi) is 7.87. The fourth-order valence-corrected chi connectivity index (χ4v) is 5.98. The van der Waals surface area contributed by atoms with Crippen LogP contribution in [0.2, 0.25) is 0 Å². The molecule has 0 aromatic carbocycles. The molecule has 1 saturated carbocycles. The molecule has 0 bridgehead atoms. The molecular formula is C26H32ClN7O3S. The van der Waals surface area contributed by atoms with Gasteiger partial charge in [-0.1, -0.05) is 4.98 Å². The van der Waals surface area contributed by atoms with Crippen molar-refractivity contribution in [2.75, 3.05) is 10.6 Å². The largest absolute Gasteiger partial charge is 1.00 e. The number of nitrogens with zero attached hydrogens (tertiary/aromatic N) is 4. The lowest BCUT2D eigenvalue weighted by atomic mass is 9.88. The summed E-state index contributed by atoms with van der Waals surface area (Å²) < 4.78 is 1.01. The van der Waals surface area contributed by atoms with Crippen LogP contribution < -0.4 is 28.0 Å². The SMILES string of the molecule is Cc1cc(Nc2nc(N[C@@H]3C[C@H](C(C)(C)O)[C@@H](O)[C@H]3O)c(-c3nc4c(C)nccc4s3)c[nH+]2)cc(C)n1.[Cl-]. The fraction of sp³-hybridized carbons (Fsp3) is 0.423. The van der Waals surface area contributed by atoms with E-state index in [1.165, 1.54) is 11.3 Å². The molecule has 12 heteroatoms. The first-order valence-corrected chi connectivity index (χ1v) is 13.0. The normalized spacial score (nSPS) is 21.4. The number of H-pyrrole nitrogens is 1. The van der Waals surface area contributed by atoms with Gasteiger partial charge >= 0.3 is 5.95 Å². The maximum Gasteiger partial charge on any atom is 0.396 e. The molecule has 0 radical (unpaired) electrons. The molecule has 0 aliphatic heterocycles. The van der Waals surface area contributed by atoms with Gasteiger partial charge in [0, 0.05) is 23.5 Å². The predicted octanol–water partition coefficient (Wildman–Crippen LogP) is -0.0716. The number of aromatic amines is 1. The number of halogens is 1. The van der Waals surface area contributed by atoms with Gasteiger partial charge in [-0.3, -0.25) is 9.97 Å². The molecule has 0 unspecified atom stereocenters. The summed E-state index contributed by atoms with van der Waals surface area (Å²) in [4.78, 5) is 21.6. The minimum atomic E-state index is -1.14. The van der Waals surface area contributed by atoms with E-state index in [9.17, 15) is 15.3 Å². The second-order valence-electron chi connectivity index (χ2n) is 10.3. The van der Waals surface area contributed by atoms with Gasteiger partial charge in [0.25, 0.3) is 0 Å². The third-order valence-corrected chi connectivity index (χ3v) is 7.86. The second-order valence-corrected chi connectivity index (χ2v) is 11.3. The summed E-state index contributed by atoms with van der Waals surface area (Å²) in [6.45, 7) is 9.08. The maximum atomic E-state index is 10.8. The highest BCUT2D eigenvalue weighted by Crippen LogP contribution is 2.39. The Labute approximate surface area is 231 Å². The summed E-state index contributed by atoms with van der Waals surface area (Å²) >= 11 is 1.52. The first-order chi connectivity index (χ1) is 17.5. The Balaban J connectivity index is 0.00000336. The van der Waals surface area contributed by atoms with Crippen molar-refractivity contribution in [3.8, 4) is 10.6 Å². The van der Waals surface area contributed by atoms with E-state index in [4.69, 9.17) is 9.97 Å². The number of pyridine rings is 2. The molecule has 4 heterocycles. The topological polar surface area (TPSA) is 150 Å². The van der Waals surface area contributed by atoms with E-state index < -0.39 is 29.8 Å². The van der Waals surface area contributed by atoms with Crippen LogP contribution in [-0.4, -0.2) is 59.1 Å². The Hall–Kier alpha value is -2.96. The van der Waals surface area contributed by atoms with Crippen LogP contribution in [0.1, 0.15) is 37.4 Å². The third kappa shape index (κ3) is 5.57. The molecule has 4 aromatic rings. The van der Waals surface area contributed by atoms with Crippen LogP contribution in [0.4, 0.5) is 17.5 Å². The van der Waals surface area contributed by atoms with Crippen molar-refractivity contribution in [3.63, 3.8) is 0 Å². The maximum absolute atomic E-state index is 10.8. The number of aryl methyl sites for hydroxylation is 3. The molecule has 1 fully saturated rings. The standard InChI is InChI=1S/C26H31N7O3S.ClH/c1-12-8-15(9-13(2)29-12)30-25-28-11-16(24-32-20-14(3)27-7-6-19(20)37-24)23(33-25)31-18-10-17(26(4,5)36)21(34)22(18)35;/h6-9,11,17-18,21-22,34-36H,10H2,1-5H3,(H2,28,29,30,31,33);1H/t17-,18+,21+,22-;/m0./s1. The average molecular weight is 558 g/mol. The highest BCUT2D eigenvalue weighted by molar-refractivity contribution is 7.21. The van der Waals surface area contributed by atoms with E-state index >= 15 is 0 Å². The minimum absolute atomic E-state index is 0. The van der Waals surface area contributed by atoms with Crippen LogP contribution in [0.5, 0.6) is 0 Å². The Morgan fingerprint density at radius 1 is 1.05 bits per heavy atom. The van der Waals surface area contributed by atoms with Crippen molar-refractivity contribution in [1.82, 2.24) is 19.9 Å². The highest BCUT2D eigenvalue weighted by atomic mass is 35.5. The molecule has 1 aliphatic rings. The van der Waals surface area contributed by atoms with Gasteiger partial charge < -0.3 is 33.0 Å². The van der Waals surface area contributed by atoms with Gasteiger partial charge in [0.2, 0.25) is 5.82 Å². The molecule has 10 nitrogen and oxygen atoms in total. The van der Waals surface area contributed by atoms with Gasteiger partial charge in [0.1, 0.15) is 27.9 Å². The molecular weight excluding hydrogens is 526 g/mol. The van der Waals surface area contributed by atoms with Gasteiger partial charge in [0.05, 0.1) is 34.3 Å². The van der Waals surface area contributed by atoms with E-state index in [0.717, 1.165) is 43.6 Å². The van der Waals surface area contributed by atoms with Crippen LogP contribution in [0, 0.1) is 26.7 Å². The summed E-state index contributed by atoms with van der Waals surface area (Å²) in [5.41, 5.74) is 3.87. The van der Waals surface area contributed by atoms with Crippen LogP contribution in [0.15, 0.2) is 30.6 Å². The first-order valence-electron chi connectivity index (χ1n) is 12.2. The number of rotatable bonds is 6. The summed E-state index contributed by atoms with van der Waals surface area (Å²) in [5.74, 6) is 0.499. The predicted molar refractivity (Wildman–Crippen MR) is 143 cm³/mol. The van der Waals surface area contributed by atoms with E-state index in [2.05, 4.69) is 25.6 Å². The lowest BCUT2D eigenvalue weighted by Crippen LogP contribution is -3.00. The molecule has 4 atom stereocenters. The molecule has 0 saturated heterocycles. The lowest BCUT2D eigenvalue weighted by Gasteiger charge is -2.28. The van der Waals surface area contributed by atoms with Gasteiger partial charge in [-0.2, -0.15) is 0 Å². The number of aliphatic hydroxyl groups excluding tert-OH is 2. The summed E-state index contributed by atoms with van der Waals surface area (Å²) in [6.07, 6.45) is 1.83. The number of nitrogens with one attached hydrogen (secondary N) is 3. The molecule has 6 N–H and O–H groups in total. The zero-order valence-corrected chi connectivity index (χ0v) is 23.4. The summed E-state index contributed by atoms with van der Waals surface area (Å²) in [7, 11) is 0. The number of aromatic nitrogens is 5. The number of hydrogen-bond acceptors (Lipinski definition) is 10. The molecule has 202 valence electrons. The van der Waals surface area contributed by atoms with Crippen LogP contribution in [0.25, 0.3) is 20.8 Å². The molecule has 0 spiro atoms. The quantitative estimate of drug-likeness (QED) is 0.219. The van der Waals surface area contributed by atoms with E-state index in [1.54, 1.807) is 20.0 Å². The molecule has 1 aliphatic carbocycles. The van der Waals surface area contributed by atoms with Crippen molar-refractivity contribution in [2.24, 2.45) is 5.92 Å². The van der Waals surface area contributed by atoms with Crippen LogP contribution in [0.3, 0.4) is 0 Å². The number of aliphatic hydroxyl groups is 3. The highest BCUT2D eigenvalue weighted by Gasteiger charge is 2.48. The Bertz CT molecular complexity index is 1440. The Morgan fingerprint density at radius 2 is 1.76 bits per heavy atom. The summed E-state index contributed by atoms with van der Waals surface area (Å²) in [5, 5.41) is 39.4. The van der Waals surface area contributed by atoms with Crippen molar-refractivity contribution in [2.45, 2.75) is 64.9 Å². The average Bonchev–Trinajstić information content (AvgIpc) is 3.36. The van der Waals surface area contributed by atoms with E-state index in [-0.39, 0.29) is 12.4 Å². The number of hydrogen-bond donors (Lipinski definition) is 5. The first kappa shape index (κ1) is 28.1. The molecule has 5 rings (SSSR count). The smallest absolute Gasteiger partial charge is 0.396 e. The summed E-state index contributed by atoms with van der Waals surface area (Å²) in [6, 6.07) is 5.27. The van der Waals surface area contributed by atoms with Crippen molar-refractivity contribution < 1.29 is 32.7 Å². The number of thiazole rings is 1. The zero-order chi connectivity index (χ0) is 26.5. The molecule has 0 amide bonds. The monoisotopic (exact) mass is 557 g/mol. The van der Waals surface area contributed by atoms with Gasteiger partial charge in [-0.25, -0.2) is 15.3 Å². The van der Waals surface area contributed by atoms with Gasteiger partial charge in [-0.15, -0.1) is 11.3 Å². The van der Waals surface area contributed by atoms with Gasteiger partial charge in [0.15, 0.2) is 0 Å². The zero-order valence-electron chi connectivity index (χ0n) is 21.8. The number of anilines is 3. The fourth-order valence-electron chi connectivity index (χ4n) is 4.95. The van der Waals surface area contributed by atoms with E-state index in [0.29, 0.717) is 18.2 Å². The van der Waals surface area contributed by atoms with E-state index in [1.807, 2.05) is 45.2 Å². The molecule has 4 aromatic heterocycles. The third-order valence-electron chi connectivity index (χ3n) is 6.81. The van der Waals surface area contributed by atoms with Gasteiger partial charge in [-0.05, 0) is 59.2 Å². The minimum Gasteiger partial charge on any atom is -1.00 e. The Morgan fingerprint density at radius 3 is 2.39 bits per heavy atom.